The number of aliphatic hydroxyl groups excluding tert-OH is 2. The Labute approximate surface area is 448 Å². The summed E-state index contributed by atoms with van der Waals surface area (Å²) in [5, 5.41) is 23.2. The lowest BCUT2D eigenvalue weighted by atomic mass is 10.0. The summed E-state index contributed by atoms with van der Waals surface area (Å²) in [6, 6.07) is -0.648. The smallest absolute Gasteiger partial charge is 0.305 e. The number of allylic oxidation sites excluding steroid dienone is 9. The number of aliphatic hydroxyl groups is 2. The Morgan fingerprint density at radius 3 is 1.17 bits per heavy atom. The molecule has 3 N–H and O–H groups in total. The molecule has 6 nitrogen and oxygen atoms in total. The van der Waals surface area contributed by atoms with Crippen molar-refractivity contribution >= 4 is 11.9 Å². The van der Waals surface area contributed by atoms with Gasteiger partial charge in [-0.3, -0.25) is 9.59 Å². The molecule has 0 radical (unpaired) electrons. The number of nitrogens with one attached hydrogen (secondary N) is 1. The highest BCUT2D eigenvalue weighted by Gasteiger charge is 2.18. The molecule has 0 aliphatic carbocycles. The first kappa shape index (κ1) is 69.6. The van der Waals surface area contributed by atoms with Gasteiger partial charge in [-0.1, -0.05) is 274 Å². The van der Waals surface area contributed by atoms with Crippen LogP contribution >= 0.6 is 0 Å². The summed E-state index contributed by atoms with van der Waals surface area (Å²) in [5.74, 6) is -0.126. The largest absolute Gasteiger partial charge is 0.466 e. The zero-order valence-electron chi connectivity index (χ0n) is 47.9. The first-order chi connectivity index (χ1) is 35.5. The SMILES string of the molecule is CCCCC/C=C\C/C=C\CCCCCCCC(=O)OCCCCC/C=C\C=C/CCCCCCCCC(=O)NC(CO)C(O)/C=C/CCCCCCCCCCCCCCCCCCCCCCCCC. The first-order valence-electron chi connectivity index (χ1n) is 31.6. The molecular weight excluding hydrogens is 887 g/mol. The standard InChI is InChI=1S/C66H121NO5/c1-3-5-7-9-11-13-15-17-19-20-21-22-23-24-25-26-27-28-31-34-38-42-46-50-54-58-64(69)63(62-68)67-65(70)59-55-51-47-43-39-35-32-29-33-37-41-45-49-53-57-61-72-66(71)60-56-52-48-44-40-36-30-18-16-14-12-10-8-6-4-2/h12,14,18,29-30,33,37,41,54,58,63-64,68-69H,3-11,13,15-17,19-28,31-32,34-36,38-40,42-53,55-57,59-62H2,1-2H3,(H,67,70)/b14-12-,30-18-,33-29-,41-37-,58-54+. The van der Waals surface area contributed by atoms with Gasteiger partial charge >= 0.3 is 5.97 Å². The van der Waals surface area contributed by atoms with Gasteiger partial charge in [-0.05, 0) is 96.3 Å². The third-order valence-corrected chi connectivity index (χ3v) is 14.3. The van der Waals surface area contributed by atoms with Crippen molar-refractivity contribution in [2.75, 3.05) is 13.2 Å². The van der Waals surface area contributed by atoms with Gasteiger partial charge in [-0.15, -0.1) is 0 Å². The van der Waals surface area contributed by atoms with Crippen LogP contribution in [0.1, 0.15) is 322 Å². The summed E-state index contributed by atoms with van der Waals surface area (Å²) >= 11 is 0. The van der Waals surface area contributed by atoms with E-state index in [9.17, 15) is 19.8 Å². The van der Waals surface area contributed by atoms with E-state index in [4.69, 9.17) is 4.74 Å². The van der Waals surface area contributed by atoms with Crippen LogP contribution in [0.2, 0.25) is 0 Å². The van der Waals surface area contributed by atoms with Gasteiger partial charge in [0.15, 0.2) is 0 Å². The van der Waals surface area contributed by atoms with E-state index in [0.717, 1.165) is 89.9 Å². The molecule has 2 unspecified atom stereocenters. The Hall–Kier alpha value is -2.44. The van der Waals surface area contributed by atoms with Crippen LogP contribution in [0.25, 0.3) is 0 Å². The van der Waals surface area contributed by atoms with Gasteiger partial charge in [0, 0.05) is 12.8 Å². The van der Waals surface area contributed by atoms with Crippen LogP contribution in [0.3, 0.4) is 0 Å². The molecule has 0 aromatic rings. The molecule has 0 saturated heterocycles. The normalized spacial score (nSPS) is 13.0. The van der Waals surface area contributed by atoms with Crippen LogP contribution in [0.4, 0.5) is 0 Å². The number of rotatable bonds is 58. The average molecular weight is 1010 g/mol. The molecule has 2 atom stereocenters. The van der Waals surface area contributed by atoms with Crippen molar-refractivity contribution in [2.24, 2.45) is 0 Å². The lowest BCUT2D eigenvalue weighted by molar-refractivity contribution is -0.143. The molecule has 0 aliphatic heterocycles. The molecule has 1 amide bonds. The number of carbonyl (C=O) groups is 2. The fourth-order valence-electron chi connectivity index (χ4n) is 9.42. The van der Waals surface area contributed by atoms with Crippen LogP contribution in [-0.4, -0.2) is 47.4 Å². The summed E-state index contributed by atoms with van der Waals surface area (Å²) in [4.78, 5) is 24.5. The number of esters is 1. The molecule has 0 aromatic heterocycles. The summed E-state index contributed by atoms with van der Waals surface area (Å²) in [6.45, 7) is 4.82. The highest BCUT2D eigenvalue weighted by atomic mass is 16.5. The number of amides is 1. The number of hydrogen-bond donors (Lipinski definition) is 3. The molecule has 0 aromatic carbocycles. The second-order valence-electron chi connectivity index (χ2n) is 21.4. The first-order valence-corrected chi connectivity index (χ1v) is 31.6. The predicted molar refractivity (Wildman–Crippen MR) is 315 cm³/mol. The molecule has 6 heteroatoms. The van der Waals surface area contributed by atoms with Crippen molar-refractivity contribution in [1.29, 1.82) is 0 Å². The fraction of sp³-hybridized carbons (Fsp3) is 0.818. The van der Waals surface area contributed by atoms with Crippen LogP contribution in [0, 0.1) is 0 Å². The monoisotopic (exact) mass is 1010 g/mol. The predicted octanol–water partition coefficient (Wildman–Crippen LogP) is 19.9. The van der Waals surface area contributed by atoms with E-state index in [-0.39, 0.29) is 18.5 Å². The Morgan fingerprint density at radius 1 is 0.403 bits per heavy atom. The van der Waals surface area contributed by atoms with E-state index in [2.05, 4.69) is 67.8 Å². The molecule has 72 heavy (non-hydrogen) atoms. The van der Waals surface area contributed by atoms with Gasteiger partial charge in [0.1, 0.15) is 0 Å². The maximum Gasteiger partial charge on any atom is 0.305 e. The van der Waals surface area contributed by atoms with Crippen molar-refractivity contribution in [2.45, 2.75) is 334 Å². The second-order valence-corrected chi connectivity index (χ2v) is 21.4. The minimum absolute atomic E-state index is 0.0370. The summed E-state index contributed by atoms with van der Waals surface area (Å²) in [5.41, 5.74) is 0. The minimum Gasteiger partial charge on any atom is -0.466 e. The van der Waals surface area contributed by atoms with E-state index in [1.54, 1.807) is 6.08 Å². The fourth-order valence-corrected chi connectivity index (χ4v) is 9.42. The topological polar surface area (TPSA) is 95.9 Å². The third kappa shape index (κ3) is 56.8. The van der Waals surface area contributed by atoms with E-state index in [0.29, 0.717) is 19.4 Å². The van der Waals surface area contributed by atoms with Gasteiger partial charge in [0.2, 0.25) is 5.91 Å². The number of ether oxygens (including phenoxy) is 1. The van der Waals surface area contributed by atoms with Gasteiger partial charge in [0.05, 0.1) is 25.4 Å². The van der Waals surface area contributed by atoms with E-state index in [1.807, 2.05) is 6.08 Å². The molecule has 420 valence electrons. The number of carbonyl (C=O) groups excluding carboxylic acids is 2. The molecule has 0 spiro atoms. The van der Waals surface area contributed by atoms with Crippen molar-refractivity contribution in [3.05, 3.63) is 60.8 Å². The van der Waals surface area contributed by atoms with Gasteiger partial charge in [-0.2, -0.15) is 0 Å². The van der Waals surface area contributed by atoms with Crippen molar-refractivity contribution in [3.63, 3.8) is 0 Å². The molecule has 0 bridgehead atoms. The third-order valence-electron chi connectivity index (χ3n) is 14.3. The highest BCUT2D eigenvalue weighted by Crippen LogP contribution is 2.17. The Morgan fingerprint density at radius 2 is 0.736 bits per heavy atom. The van der Waals surface area contributed by atoms with Gasteiger partial charge in [0.25, 0.3) is 0 Å². The van der Waals surface area contributed by atoms with E-state index in [1.165, 1.54) is 205 Å². The molecule has 0 aliphatic rings. The maximum absolute atomic E-state index is 12.5. The molecule has 0 rings (SSSR count). The summed E-state index contributed by atoms with van der Waals surface area (Å²) in [6.07, 6.45) is 79.8. The van der Waals surface area contributed by atoms with Crippen LogP contribution in [0.5, 0.6) is 0 Å². The molecular formula is C66H121NO5. The van der Waals surface area contributed by atoms with Gasteiger partial charge in [-0.25, -0.2) is 0 Å². The lowest BCUT2D eigenvalue weighted by Crippen LogP contribution is -2.45. The quantitative estimate of drug-likeness (QED) is 0.0244. The number of unbranched alkanes of at least 4 members (excludes halogenated alkanes) is 40. The van der Waals surface area contributed by atoms with Crippen LogP contribution in [0.15, 0.2) is 60.8 Å². The Balaban J connectivity index is 3.55. The van der Waals surface area contributed by atoms with E-state index < -0.39 is 12.1 Å². The molecule has 0 fully saturated rings. The minimum atomic E-state index is -0.862. The van der Waals surface area contributed by atoms with E-state index >= 15 is 0 Å². The average Bonchev–Trinajstić information content (AvgIpc) is 3.38. The maximum atomic E-state index is 12.5. The Kier molecular flexibility index (Phi) is 59.0. The Bertz CT molecular complexity index is 1250. The van der Waals surface area contributed by atoms with Crippen LogP contribution < -0.4 is 5.32 Å². The summed E-state index contributed by atoms with van der Waals surface area (Å²) < 4.78 is 5.44. The highest BCUT2D eigenvalue weighted by molar-refractivity contribution is 5.76. The zero-order chi connectivity index (χ0) is 52.2. The summed E-state index contributed by atoms with van der Waals surface area (Å²) in [7, 11) is 0. The van der Waals surface area contributed by atoms with Gasteiger partial charge < -0.3 is 20.3 Å². The van der Waals surface area contributed by atoms with Crippen molar-refractivity contribution in [3.8, 4) is 0 Å². The van der Waals surface area contributed by atoms with Crippen molar-refractivity contribution in [1.82, 2.24) is 5.32 Å². The second kappa shape index (κ2) is 61.1. The van der Waals surface area contributed by atoms with Crippen molar-refractivity contribution < 1.29 is 24.5 Å². The molecule has 0 heterocycles. The van der Waals surface area contributed by atoms with Crippen LogP contribution in [-0.2, 0) is 14.3 Å². The number of hydrogen-bond acceptors (Lipinski definition) is 5. The zero-order valence-corrected chi connectivity index (χ0v) is 47.9. The lowest BCUT2D eigenvalue weighted by Gasteiger charge is -2.20. The molecule has 0 saturated carbocycles.